The molecule has 0 unspecified atom stereocenters. The third-order valence-corrected chi connectivity index (χ3v) is 10.8. The zero-order valence-electron chi connectivity index (χ0n) is 38.5. The van der Waals surface area contributed by atoms with E-state index in [2.05, 4.69) is 60.0 Å². The first-order valence-electron chi connectivity index (χ1n) is 23.7. The van der Waals surface area contributed by atoms with Crippen molar-refractivity contribution in [2.45, 2.75) is 193 Å². The molecule has 0 amide bonds. The highest BCUT2D eigenvalue weighted by molar-refractivity contribution is 5.69. The maximum Gasteiger partial charge on any atom is 0.305 e. The second-order valence-electron chi connectivity index (χ2n) is 17.5. The van der Waals surface area contributed by atoms with Gasteiger partial charge in [-0.3, -0.25) is 9.59 Å². The average Bonchev–Trinajstić information content (AvgIpc) is 3.89. The molecule has 2 aliphatic carbocycles. The van der Waals surface area contributed by atoms with Gasteiger partial charge in [0.15, 0.2) is 0 Å². The van der Waals surface area contributed by atoms with Crippen LogP contribution in [0.4, 0.5) is 0 Å². The fraction of sp³-hybridized carbons (Fsp3) is 0.878. The molecule has 0 aromatic carbocycles. The zero-order chi connectivity index (χ0) is 41.3. The van der Waals surface area contributed by atoms with Crippen LogP contribution in [0.3, 0.4) is 0 Å². The van der Waals surface area contributed by atoms with Crippen molar-refractivity contribution in [3.05, 3.63) is 24.3 Å². The molecule has 2 rings (SSSR count). The minimum Gasteiger partial charge on any atom is -0.466 e. The second-order valence-corrected chi connectivity index (χ2v) is 17.5. The summed E-state index contributed by atoms with van der Waals surface area (Å²) in [6.07, 6.45) is 45.4. The molecule has 0 aromatic rings. The maximum atomic E-state index is 11.6. The van der Waals surface area contributed by atoms with Crippen molar-refractivity contribution >= 4 is 11.9 Å². The lowest BCUT2D eigenvalue weighted by Crippen LogP contribution is -2.16. The molecule has 0 fully saturated rings. The summed E-state index contributed by atoms with van der Waals surface area (Å²) in [6, 6.07) is 0. The Balaban J connectivity index is 0.000000944. The molecular formula is C49H95N3O4. The Morgan fingerprint density at radius 2 is 0.786 bits per heavy atom. The molecule has 0 saturated heterocycles. The summed E-state index contributed by atoms with van der Waals surface area (Å²) < 4.78 is 10.5. The van der Waals surface area contributed by atoms with Crippen molar-refractivity contribution in [2.24, 2.45) is 11.8 Å². The largest absolute Gasteiger partial charge is 0.466 e. The number of hydrogen-bond donors (Lipinski definition) is 0. The monoisotopic (exact) mass is 790 g/mol. The van der Waals surface area contributed by atoms with Gasteiger partial charge in [-0.2, -0.15) is 0 Å². The number of rotatable bonds is 34. The molecule has 7 nitrogen and oxygen atoms in total. The third-order valence-electron chi connectivity index (χ3n) is 10.8. The van der Waals surface area contributed by atoms with Gasteiger partial charge in [-0.25, -0.2) is 0 Å². The average molecular weight is 790 g/mol. The highest BCUT2D eigenvalue weighted by atomic mass is 16.5. The first-order valence-corrected chi connectivity index (χ1v) is 23.7. The van der Waals surface area contributed by atoms with Crippen LogP contribution in [0, 0.1) is 11.8 Å². The smallest absolute Gasteiger partial charge is 0.305 e. The van der Waals surface area contributed by atoms with E-state index in [4.69, 9.17) is 9.47 Å². The Kier molecular flexibility index (Phi) is 40.2. The van der Waals surface area contributed by atoms with Crippen molar-refractivity contribution < 1.29 is 19.1 Å². The first kappa shape index (κ1) is 54.3. The van der Waals surface area contributed by atoms with Crippen LogP contribution in [0.15, 0.2) is 24.3 Å². The van der Waals surface area contributed by atoms with Crippen molar-refractivity contribution in [1.29, 1.82) is 0 Å². The summed E-state index contributed by atoms with van der Waals surface area (Å²) in [5, 5.41) is 0. The van der Waals surface area contributed by atoms with E-state index in [0.29, 0.717) is 26.1 Å². The van der Waals surface area contributed by atoms with E-state index in [1.165, 1.54) is 154 Å². The number of carbonyl (C=O) groups is 2. The van der Waals surface area contributed by atoms with Crippen molar-refractivity contribution in [3.63, 3.8) is 0 Å². The van der Waals surface area contributed by atoms with Crippen LogP contribution >= 0.6 is 0 Å². The molecule has 2 atom stereocenters. The van der Waals surface area contributed by atoms with E-state index in [1.807, 2.05) is 28.2 Å². The number of carbonyl (C=O) groups excluding carboxylic acids is 2. The summed E-state index contributed by atoms with van der Waals surface area (Å²) >= 11 is 0. The molecule has 0 aromatic heterocycles. The Morgan fingerprint density at radius 3 is 1.05 bits per heavy atom. The predicted molar refractivity (Wildman–Crippen MR) is 242 cm³/mol. The minimum absolute atomic E-state index is 0.0168. The van der Waals surface area contributed by atoms with Gasteiger partial charge in [0.25, 0.3) is 0 Å². The van der Waals surface area contributed by atoms with Gasteiger partial charge in [0, 0.05) is 25.9 Å². The minimum atomic E-state index is -0.0188. The quantitative estimate of drug-likeness (QED) is 0.0365. The Labute approximate surface area is 349 Å². The van der Waals surface area contributed by atoms with Crippen LogP contribution in [0.5, 0.6) is 0 Å². The van der Waals surface area contributed by atoms with Crippen LogP contribution in [0.1, 0.15) is 193 Å². The summed E-state index contributed by atoms with van der Waals surface area (Å²) in [4.78, 5) is 29.6. The van der Waals surface area contributed by atoms with Gasteiger partial charge in [-0.05, 0) is 131 Å². The number of hydrogen-bond acceptors (Lipinski definition) is 7. The number of ether oxygens (including phenoxy) is 2. The Morgan fingerprint density at radius 1 is 0.464 bits per heavy atom. The van der Waals surface area contributed by atoms with Crippen LogP contribution in [-0.4, -0.2) is 102 Å². The number of allylic oxidation sites excluding steroid dienone is 4. The van der Waals surface area contributed by atoms with E-state index < -0.39 is 0 Å². The van der Waals surface area contributed by atoms with E-state index in [-0.39, 0.29) is 11.9 Å². The van der Waals surface area contributed by atoms with Gasteiger partial charge >= 0.3 is 11.9 Å². The molecule has 0 N–H and O–H groups in total. The lowest BCUT2D eigenvalue weighted by atomic mass is 9.99. The highest BCUT2D eigenvalue weighted by Crippen LogP contribution is 2.24. The lowest BCUT2D eigenvalue weighted by molar-refractivity contribution is -0.144. The zero-order valence-corrected chi connectivity index (χ0v) is 38.5. The molecule has 0 saturated carbocycles. The standard InChI is InChI=1S/C23H43NO2.C21H39NO2.C5H13N/c1-24(2)20-15-21-26-23(25)19-12-10-8-6-4-3-5-7-9-11-16-22-17-13-14-18-22;1-22(2)18-13-19-24-21(23)17-10-8-6-4-3-5-7-9-14-20-15-11-12-16-20;1-4-5-6(2)3/h13,17,22H,3-12,14-16,18-21H2,1-2H3;11,15,20H,3-10,12-14,16-19H2,1-2H3;4-5H2,1-3H3/t22-;20-;/m00./s1. The molecule has 7 heteroatoms. The normalized spacial score (nSPS) is 16.0. The van der Waals surface area contributed by atoms with Gasteiger partial charge in [0.05, 0.1) is 13.2 Å². The SMILES string of the molecule is CCCN(C)C.CN(C)CCCOC(=O)CCCCCCCCCCCC[C@H]1C=CCC1.CN(C)CCCOC(=O)CCCCCCCCCC[C@H]1C=CCC1. The number of unbranched alkanes of at least 4 members (excludes halogenated alkanes) is 16. The van der Waals surface area contributed by atoms with Crippen LogP contribution < -0.4 is 0 Å². The lowest BCUT2D eigenvalue weighted by Gasteiger charge is -2.09. The van der Waals surface area contributed by atoms with Gasteiger partial charge in [0.1, 0.15) is 0 Å². The summed E-state index contributed by atoms with van der Waals surface area (Å²) in [6.45, 7) is 6.47. The van der Waals surface area contributed by atoms with Gasteiger partial charge in [-0.15, -0.1) is 0 Å². The molecular weight excluding hydrogens is 695 g/mol. The van der Waals surface area contributed by atoms with Crippen molar-refractivity contribution in [1.82, 2.24) is 14.7 Å². The molecule has 0 radical (unpaired) electrons. The maximum absolute atomic E-state index is 11.6. The van der Waals surface area contributed by atoms with Crippen LogP contribution in [-0.2, 0) is 19.1 Å². The Hall–Kier alpha value is -1.70. The topological polar surface area (TPSA) is 62.3 Å². The second kappa shape index (κ2) is 41.5. The molecule has 0 heterocycles. The van der Waals surface area contributed by atoms with Gasteiger partial charge in [-0.1, -0.05) is 134 Å². The molecule has 0 spiro atoms. The summed E-state index contributed by atoms with van der Waals surface area (Å²) in [5.41, 5.74) is 0. The van der Waals surface area contributed by atoms with Gasteiger partial charge < -0.3 is 24.2 Å². The van der Waals surface area contributed by atoms with E-state index in [0.717, 1.165) is 50.6 Å². The molecule has 0 bridgehead atoms. The van der Waals surface area contributed by atoms with Gasteiger partial charge in [0.2, 0.25) is 0 Å². The fourth-order valence-corrected chi connectivity index (χ4v) is 7.42. The number of nitrogens with zero attached hydrogens (tertiary/aromatic N) is 3. The highest BCUT2D eigenvalue weighted by Gasteiger charge is 2.09. The van der Waals surface area contributed by atoms with Crippen LogP contribution in [0.2, 0.25) is 0 Å². The summed E-state index contributed by atoms with van der Waals surface area (Å²) in [7, 11) is 12.3. The Bertz CT molecular complexity index is 919. The van der Waals surface area contributed by atoms with Crippen LogP contribution in [0.25, 0.3) is 0 Å². The molecule has 0 aliphatic heterocycles. The van der Waals surface area contributed by atoms with Crippen molar-refractivity contribution in [3.8, 4) is 0 Å². The fourth-order valence-electron chi connectivity index (χ4n) is 7.42. The third kappa shape index (κ3) is 41.9. The molecule has 330 valence electrons. The van der Waals surface area contributed by atoms with E-state index in [9.17, 15) is 9.59 Å². The van der Waals surface area contributed by atoms with Crippen molar-refractivity contribution in [2.75, 3.05) is 75.1 Å². The predicted octanol–water partition coefficient (Wildman–Crippen LogP) is 12.4. The first-order chi connectivity index (χ1) is 27.1. The molecule has 2 aliphatic rings. The number of esters is 2. The molecule has 56 heavy (non-hydrogen) atoms. The summed E-state index contributed by atoms with van der Waals surface area (Å²) in [5.74, 6) is 1.74. The van der Waals surface area contributed by atoms with E-state index in [1.54, 1.807) is 0 Å². The van der Waals surface area contributed by atoms with E-state index >= 15 is 0 Å².